The van der Waals surface area contributed by atoms with E-state index in [0.717, 1.165) is 5.56 Å². The lowest BCUT2D eigenvalue weighted by Crippen LogP contribution is -2.32. The van der Waals surface area contributed by atoms with Gasteiger partial charge in [0.15, 0.2) is 0 Å². The van der Waals surface area contributed by atoms with Gasteiger partial charge in [0.1, 0.15) is 0 Å². The first-order valence-corrected chi connectivity index (χ1v) is 4.24. The number of hydrogen-bond donors (Lipinski definition) is 2. The maximum absolute atomic E-state index is 11.5. The molecule has 3 heteroatoms. The minimum atomic E-state index is -0.290. The Labute approximate surface area is 76.9 Å². The molecule has 0 saturated carbocycles. The van der Waals surface area contributed by atoms with Crippen molar-refractivity contribution in [2.75, 3.05) is 5.73 Å². The highest BCUT2D eigenvalue weighted by Crippen LogP contribution is 2.33. The third-order valence-electron chi connectivity index (χ3n) is 2.42. The van der Waals surface area contributed by atoms with Gasteiger partial charge in [-0.1, -0.05) is 12.1 Å². The lowest BCUT2D eigenvalue weighted by atomic mass is 9.94. The Morgan fingerprint density at radius 2 is 2.08 bits per heavy atom. The van der Waals surface area contributed by atoms with E-state index in [0.29, 0.717) is 11.3 Å². The van der Waals surface area contributed by atoms with Crippen molar-refractivity contribution in [3.8, 4) is 0 Å². The van der Waals surface area contributed by atoms with Crippen molar-refractivity contribution in [1.82, 2.24) is 5.32 Å². The number of rotatable bonds is 0. The molecule has 0 saturated heterocycles. The summed E-state index contributed by atoms with van der Waals surface area (Å²) in [4.78, 5) is 11.5. The third-order valence-corrected chi connectivity index (χ3v) is 2.42. The largest absolute Gasteiger partial charge is 0.398 e. The highest BCUT2D eigenvalue weighted by molar-refractivity contribution is 6.04. The first kappa shape index (κ1) is 8.10. The fourth-order valence-electron chi connectivity index (χ4n) is 1.76. The van der Waals surface area contributed by atoms with Gasteiger partial charge in [-0.2, -0.15) is 0 Å². The molecule has 3 N–H and O–H groups in total. The molecule has 1 heterocycles. The summed E-state index contributed by atoms with van der Waals surface area (Å²) in [6.07, 6.45) is 0. The Bertz CT molecular complexity index is 383. The van der Waals surface area contributed by atoms with Crippen LogP contribution >= 0.6 is 0 Å². The molecule has 3 nitrogen and oxygen atoms in total. The molecule has 0 atom stereocenters. The first-order valence-electron chi connectivity index (χ1n) is 4.24. The molecule has 1 aliphatic rings. The van der Waals surface area contributed by atoms with E-state index in [9.17, 15) is 4.79 Å². The predicted octanol–water partition coefficient (Wildman–Crippen LogP) is 1.25. The van der Waals surface area contributed by atoms with Gasteiger partial charge in [-0.3, -0.25) is 4.79 Å². The summed E-state index contributed by atoms with van der Waals surface area (Å²) < 4.78 is 0. The Morgan fingerprint density at radius 1 is 1.38 bits per heavy atom. The van der Waals surface area contributed by atoms with Gasteiger partial charge in [0.25, 0.3) is 5.91 Å². The number of fused-ring (bicyclic) bond motifs is 1. The molecule has 1 aromatic rings. The summed E-state index contributed by atoms with van der Waals surface area (Å²) in [6.45, 7) is 3.94. The quantitative estimate of drug-likeness (QED) is 0.584. The summed E-state index contributed by atoms with van der Waals surface area (Å²) in [5.41, 5.74) is 7.60. The van der Waals surface area contributed by atoms with Gasteiger partial charge in [-0.25, -0.2) is 0 Å². The van der Waals surface area contributed by atoms with Gasteiger partial charge in [-0.15, -0.1) is 0 Å². The van der Waals surface area contributed by atoms with Crippen LogP contribution in [0.5, 0.6) is 0 Å². The summed E-state index contributed by atoms with van der Waals surface area (Å²) in [7, 11) is 0. The molecule has 68 valence electrons. The van der Waals surface area contributed by atoms with Crippen LogP contribution in [-0.2, 0) is 5.54 Å². The van der Waals surface area contributed by atoms with Gasteiger partial charge in [0, 0.05) is 5.69 Å². The lowest BCUT2D eigenvalue weighted by Gasteiger charge is -2.18. The van der Waals surface area contributed by atoms with Crippen LogP contribution in [0, 0.1) is 0 Å². The normalized spacial score (nSPS) is 18.2. The number of anilines is 1. The van der Waals surface area contributed by atoms with E-state index in [1.54, 1.807) is 6.07 Å². The van der Waals surface area contributed by atoms with Crippen LogP contribution in [0.2, 0.25) is 0 Å². The van der Waals surface area contributed by atoms with Crippen molar-refractivity contribution in [1.29, 1.82) is 0 Å². The number of nitrogen functional groups attached to an aromatic ring is 1. The van der Waals surface area contributed by atoms with Gasteiger partial charge >= 0.3 is 0 Å². The number of nitrogens with two attached hydrogens (primary N) is 1. The molecule has 2 rings (SSSR count). The summed E-state index contributed by atoms with van der Waals surface area (Å²) in [6, 6.07) is 5.56. The van der Waals surface area contributed by atoms with Crippen molar-refractivity contribution in [3.05, 3.63) is 29.3 Å². The Kier molecular flexibility index (Phi) is 1.40. The molecule has 13 heavy (non-hydrogen) atoms. The van der Waals surface area contributed by atoms with Gasteiger partial charge in [0.2, 0.25) is 0 Å². The van der Waals surface area contributed by atoms with Crippen molar-refractivity contribution < 1.29 is 4.79 Å². The van der Waals surface area contributed by atoms with E-state index in [4.69, 9.17) is 5.73 Å². The number of carbonyl (C=O) groups excluding carboxylic acids is 1. The summed E-state index contributed by atoms with van der Waals surface area (Å²) in [5.74, 6) is -0.0712. The standard InChI is InChI=1S/C10H12N2O/c1-10(2)6-4-3-5-7(11)8(6)9(13)12-10/h3-5H,11H2,1-2H3,(H,12,13). The molecular formula is C10H12N2O. The Hall–Kier alpha value is -1.51. The zero-order valence-corrected chi connectivity index (χ0v) is 7.72. The molecule has 0 bridgehead atoms. The van der Waals surface area contributed by atoms with Crippen LogP contribution in [0.3, 0.4) is 0 Å². The SMILES string of the molecule is CC1(C)NC(=O)c2c(N)cccc21. The maximum atomic E-state index is 11.5. The van der Waals surface area contributed by atoms with E-state index >= 15 is 0 Å². The van der Waals surface area contributed by atoms with Crippen LogP contribution in [-0.4, -0.2) is 5.91 Å². The van der Waals surface area contributed by atoms with Crippen LogP contribution in [0.25, 0.3) is 0 Å². The topological polar surface area (TPSA) is 55.1 Å². The first-order chi connectivity index (χ1) is 6.02. The average Bonchev–Trinajstić information content (AvgIpc) is 2.24. The minimum Gasteiger partial charge on any atom is -0.398 e. The van der Waals surface area contributed by atoms with Gasteiger partial charge < -0.3 is 11.1 Å². The predicted molar refractivity (Wildman–Crippen MR) is 51.3 cm³/mol. The zero-order valence-electron chi connectivity index (χ0n) is 7.72. The number of hydrogen-bond acceptors (Lipinski definition) is 2. The number of benzene rings is 1. The Balaban J connectivity index is 2.72. The van der Waals surface area contributed by atoms with E-state index < -0.39 is 0 Å². The van der Waals surface area contributed by atoms with Crippen LogP contribution in [0.1, 0.15) is 29.8 Å². The van der Waals surface area contributed by atoms with Crippen molar-refractivity contribution in [2.45, 2.75) is 19.4 Å². The second-order valence-electron chi connectivity index (χ2n) is 3.85. The second-order valence-corrected chi connectivity index (χ2v) is 3.85. The van der Waals surface area contributed by atoms with E-state index in [1.165, 1.54) is 0 Å². The lowest BCUT2D eigenvalue weighted by molar-refractivity contribution is 0.0941. The second kappa shape index (κ2) is 2.25. The van der Waals surface area contributed by atoms with Gasteiger partial charge in [0.05, 0.1) is 11.1 Å². The van der Waals surface area contributed by atoms with Crippen molar-refractivity contribution >= 4 is 11.6 Å². The summed E-state index contributed by atoms with van der Waals surface area (Å²) >= 11 is 0. The molecule has 0 fully saturated rings. The number of amides is 1. The number of carbonyl (C=O) groups is 1. The van der Waals surface area contributed by atoms with Crippen LogP contribution < -0.4 is 11.1 Å². The van der Waals surface area contributed by atoms with Crippen molar-refractivity contribution in [2.24, 2.45) is 0 Å². The molecule has 0 spiro atoms. The highest BCUT2D eigenvalue weighted by Gasteiger charge is 2.35. The van der Waals surface area contributed by atoms with Crippen LogP contribution in [0.4, 0.5) is 5.69 Å². The van der Waals surface area contributed by atoms with E-state index in [2.05, 4.69) is 5.32 Å². The molecule has 1 amide bonds. The fraction of sp³-hybridized carbons (Fsp3) is 0.300. The monoisotopic (exact) mass is 176 g/mol. The van der Waals surface area contributed by atoms with E-state index in [-0.39, 0.29) is 11.4 Å². The highest BCUT2D eigenvalue weighted by atomic mass is 16.2. The van der Waals surface area contributed by atoms with Crippen LogP contribution in [0.15, 0.2) is 18.2 Å². The fourth-order valence-corrected chi connectivity index (χ4v) is 1.76. The summed E-state index contributed by atoms with van der Waals surface area (Å²) in [5, 5.41) is 2.88. The molecular weight excluding hydrogens is 164 g/mol. The smallest absolute Gasteiger partial charge is 0.254 e. The number of nitrogens with one attached hydrogen (secondary N) is 1. The van der Waals surface area contributed by atoms with E-state index in [1.807, 2.05) is 26.0 Å². The molecule has 0 aromatic heterocycles. The molecule has 1 aliphatic heterocycles. The van der Waals surface area contributed by atoms with Gasteiger partial charge in [-0.05, 0) is 25.5 Å². The molecule has 0 radical (unpaired) electrons. The Morgan fingerprint density at radius 3 is 2.69 bits per heavy atom. The average molecular weight is 176 g/mol. The molecule has 1 aromatic carbocycles. The maximum Gasteiger partial charge on any atom is 0.254 e. The third kappa shape index (κ3) is 1.00. The zero-order chi connectivity index (χ0) is 9.64. The molecule has 0 aliphatic carbocycles. The minimum absolute atomic E-state index is 0.0712. The van der Waals surface area contributed by atoms with Crippen molar-refractivity contribution in [3.63, 3.8) is 0 Å². The molecule has 0 unspecified atom stereocenters.